The molecule has 0 amide bonds. The molecule has 1 aliphatic heterocycles. The van der Waals surface area contributed by atoms with Crippen molar-refractivity contribution >= 4 is 39.4 Å². The first kappa shape index (κ1) is 29.9. The van der Waals surface area contributed by atoms with Crippen molar-refractivity contribution in [1.82, 2.24) is 0 Å². The van der Waals surface area contributed by atoms with Crippen LogP contribution in [0.2, 0.25) is 0 Å². The molecule has 3 atom stereocenters. The second kappa shape index (κ2) is 12.8. The number of rotatable bonds is 9. The van der Waals surface area contributed by atoms with Gasteiger partial charge < -0.3 is 5.41 Å². The summed E-state index contributed by atoms with van der Waals surface area (Å²) in [6, 6.07) is 16.7. The van der Waals surface area contributed by atoms with Gasteiger partial charge in [0.05, 0.1) is 5.92 Å². The number of hydrogen-bond acceptors (Lipinski definition) is 4. The molecule has 0 saturated heterocycles. The normalized spacial score (nSPS) is 25.8. The average molecular weight is 638 g/mol. The third-order valence-electron chi connectivity index (χ3n) is 10.1. The number of allylic oxidation sites excluding steroid dienone is 5. The fourth-order valence-electron chi connectivity index (χ4n) is 7.48. The minimum absolute atomic E-state index is 0.0895. The molecule has 0 radical (unpaired) electrons. The monoisotopic (exact) mass is 636 g/mol. The highest BCUT2D eigenvalue weighted by atomic mass is 79.9. The molecule has 4 nitrogen and oxygen atoms in total. The van der Waals surface area contributed by atoms with Crippen LogP contribution in [0.5, 0.6) is 0 Å². The zero-order chi connectivity index (χ0) is 30.0. The van der Waals surface area contributed by atoms with Crippen LogP contribution in [0.25, 0.3) is 0 Å². The van der Waals surface area contributed by atoms with Crippen LogP contribution in [0.3, 0.4) is 0 Å². The van der Waals surface area contributed by atoms with Crippen molar-refractivity contribution < 1.29 is 9.59 Å². The summed E-state index contributed by atoms with van der Waals surface area (Å²) in [4.78, 5) is 32.1. The SMILES string of the molecule is C=C1C=CC=NC2=C1CC(C(=O)c1cc(CCCC3C(=N)CC[C@](CC4CC4)(c4ccccc4)CC3=O)ccc1Br)CC2. The van der Waals surface area contributed by atoms with Gasteiger partial charge in [-0.3, -0.25) is 14.6 Å². The summed E-state index contributed by atoms with van der Waals surface area (Å²) in [6.07, 6.45) is 16.0. The predicted octanol–water partition coefficient (Wildman–Crippen LogP) is 9.33. The molecular formula is C38H41BrN2O2. The number of carbonyl (C=O) groups excluding carboxylic acids is 2. The lowest BCUT2D eigenvalue weighted by atomic mass is 9.70. The number of nitrogens with one attached hydrogen (secondary N) is 1. The quantitative estimate of drug-likeness (QED) is 0.220. The maximum atomic E-state index is 13.8. The summed E-state index contributed by atoms with van der Waals surface area (Å²) in [5.74, 6) is 0.739. The van der Waals surface area contributed by atoms with E-state index in [4.69, 9.17) is 5.41 Å². The molecule has 0 aromatic heterocycles. The summed E-state index contributed by atoms with van der Waals surface area (Å²) in [6.45, 7) is 4.20. The molecule has 0 bridgehead atoms. The van der Waals surface area contributed by atoms with Gasteiger partial charge in [-0.2, -0.15) is 0 Å². The van der Waals surface area contributed by atoms with Gasteiger partial charge in [0, 0.05) is 45.4 Å². The molecule has 1 heterocycles. The first-order valence-corrected chi connectivity index (χ1v) is 16.7. The van der Waals surface area contributed by atoms with Crippen molar-refractivity contribution in [1.29, 1.82) is 5.41 Å². The van der Waals surface area contributed by atoms with Crippen LogP contribution in [0.4, 0.5) is 0 Å². The van der Waals surface area contributed by atoms with Crippen LogP contribution < -0.4 is 0 Å². The number of hydrogen-bond donors (Lipinski definition) is 1. The lowest BCUT2D eigenvalue weighted by molar-refractivity contribution is -0.122. The molecule has 4 aliphatic rings. The van der Waals surface area contributed by atoms with Crippen molar-refractivity contribution in [2.24, 2.45) is 22.7 Å². The third kappa shape index (κ3) is 6.67. The molecule has 0 spiro atoms. The number of benzene rings is 2. The van der Waals surface area contributed by atoms with Gasteiger partial charge in [0.1, 0.15) is 5.78 Å². The number of carbonyl (C=O) groups is 2. The number of aliphatic imine (C=N–C) groups is 1. The van der Waals surface area contributed by atoms with Gasteiger partial charge in [-0.25, -0.2) is 0 Å². The summed E-state index contributed by atoms with van der Waals surface area (Å²) >= 11 is 3.64. The van der Waals surface area contributed by atoms with Crippen LogP contribution >= 0.6 is 15.9 Å². The standard InChI is InChI=1S/C38H41BrN2O2/c1-25-7-6-20-41-35-17-15-28(22-31(25)35)37(43)32-21-26(14-16-33(32)39)8-5-11-30-34(40)18-19-38(24-36(30)42,23-27-12-13-27)29-9-3-2-4-10-29/h2-4,6-7,9-10,14,16,20-21,27-28,30,40H,1,5,8,11-13,15,17-19,22-24H2/t28?,30?,38-/m1/s1. The predicted molar refractivity (Wildman–Crippen MR) is 178 cm³/mol. The average Bonchev–Trinajstić information content (AvgIpc) is 3.87. The summed E-state index contributed by atoms with van der Waals surface area (Å²) in [5.41, 5.74) is 6.69. The van der Waals surface area contributed by atoms with Gasteiger partial charge in [0.25, 0.3) is 0 Å². The van der Waals surface area contributed by atoms with Gasteiger partial charge in [-0.05, 0) is 104 Å². The third-order valence-corrected chi connectivity index (χ3v) is 10.8. The molecular weight excluding hydrogens is 596 g/mol. The van der Waals surface area contributed by atoms with E-state index < -0.39 is 0 Å². The molecule has 2 aromatic rings. The summed E-state index contributed by atoms with van der Waals surface area (Å²) in [5, 5.41) is 8.87. The Morgan fingerprint density at radius 2 is 1.91 bits per heavy atom. The second-order valence-corrected chi connectivity index (χ2v) is 14.0. The molecule has 43 heavy (non-hydrogen) atoms. The number of ketones is 2. The highest BCUT2D eigenvalue weighted by molar-refractivity contribution is 9.10. The molecule has 2 fully saturated rings. The zero-order valence-electron chi connectivity index (χ0n) is 24.9. The minimum Gasteiger partial charge on any atom is -0.309 e. The maximum Gasteiger partial charge on any atom is 0.167 e. The second-order valence-electron chi connectivity index (χ2n) is 13.1. The lowest BCUT2D eigenvalue weighted by Gasteiger charge is -2.33. The Hall–Kier alpha value is -3.18. The van der Waals surface area contributed by atoms with Crippen molar-refractivity contribution in [2.75, 3.05) is 0 Å². The van der Waals surface area contributed by atoms with Gasteiger partial charge in [-0.15, -0.1) is 0 Å². The fourth-order valence-corrected chi connectivity index (χ4v) is 7.92. The van der Waals surface area contributed by atoms with E-state index in [1.165, 1.54) is 18.4 Å². The Morgan fingerprint density at radius 3 is 2.70 bits per heavy atom. The highest BCUT2D eigenvalue weighted by Gasteiger charge is 2.43. The van der Waals surface area contributed by atoms with Crippen molar-refractivity contribution in [2.45, 2.75) is 82.5 Å². The zero-order valence-corrected chi connectivity index (χ0v) is 26.5. The first-order chi connectivity index (χ1) is 20.8. The number of aryl methyl sites for hydroxylation is 1. The highest BCUT2D eigenvalue weighted by Crippen LogP contribution is 2.48. The van der Waals surface area contributed by atoms with E-state index in [-0.39, 0.29) is 28.8 Å². The minimum atomic E-state index is -0.296. The Labute approximate surface area is 264 Å². The first-order valence-electron chi connectivity index (χ1n) is 15.9. The molecule has 5 heteroatoms. The van der Waals surface area contributed by atoms with Gasteiger partial charge in [-0.1, -0.05) is 77.8 Å². The lowest BCUT2D eigenvalue weighted by Crippen LogP contribution is -2.30. The largest absolute Gasteiger partial charge is 0.309 e. The van der Waals surface area contributed by atoms with Crippen molar-refractivity contribution in [3.05, 3.63) is 105 Å². The molecule has 2 saturated carbocycles. The molecule has 2 unspecified atom stereocenters. The van der Waals surface area contributed by atoms with Crippen LogP contribution in [0.1, 0.15) is 92.1 Å². The van der Waals surface area contributed by atoms with E-state index in [1.807, 2.05) is 36.6 Å². The van der Waals surface area contributed by atoms with E-state index in [2.05, 4.69) is 57.8 Å². The number of Topliss-reactive ketones (excluding diaryl/α,β-unsaturated/α-hetero) is 2. The van der Waals surface area contributed by atoms with Gasteiger partial charge >= 0.3 is 0 Å². The van der Waals surface area contributed by atoms with Crippen molar-refractivity contribution in [3.63, 3.8) is 0 Å². The maximum absolute atomic E-state index is 13.8. The molecule has 6 rings (SSSR count). The van der Waals surface area contributed by atoms with E-state index in [0.29, 0.717) is 31.4 Å². The van der Waals surface area contributed by atoms with E-state index >= 15 is 0 Å². The Balaban J connectivity index is 1.11. The number of nitrogens with zero attached hydrogens (tertiary/aromatic N) is 1. The fraction of sp³-hybridized carbons (Fsp3) is 0.421. The molecule has 222 valence electrons. The van der Waals surface area contributed by atoms with E-state index in [9.17, 15) is 9.59 Å². The van der Waals surface area contributed by atoms with Crippen LogP contribution in [-0.2, 0) is 16.6 Å². The van der Waals surface area contributed by atoms with Crippen molar-refractivity contribution in [3.8, 4) is 0 Å². The molecule has 1 N–H and O–H groups in total. The Morgan fingerprint density at radius 1 is 1.09 bits per heavy atom. The van der Waals surface area contributed by atoms with Crippen LogP contribution in [-0.4, -0.2) is 23.5 Å². The smallest absolute Gasteiger partial charge is 0.167 e. The Bertz CT molecular complexity index is 1530. The van der Waals surface area contributed by atoms with Crippen LogP contribution in [0, 0.1) is 23.2 Å². The molecule has 2 aromatic carbocycles. The van der Waals surface area contributed by atoms with Gasteiger partial charge in [0.15, 0.2) is 5.78 Å². The summed E-state index contributed by atoms with van der Waals surface area (Å²) in [7, 11) is 0. The topological polar surface area (TPSA) is 70.3 Å². The van der Waals surface area contributed by atoms with Crippen LogP contribution in [0.15, 0.2) is 93.6 Å². The molecule has 3 aliphatic carbocycles. The Kier molecular flexibility index (Phi) is 8.90. The van der Waals surface area contributed by atoms with E-state index in [1.54, 1.807) is 0 Å². The van der Waals surface area contributed by atoms with Gasteiger partial charge in [0.2, 0.25) is 0 Å². The van der Waals surface area contributed by atoms with E-state index in [0.717, 1.165) is 76.9 Å². The summed E-state index contributed by atoms with van der Waals surface area (Å²) < 4.78 is 0.826. The number of halogens is 1.